The van der Waals surface area contributed by atoms with Crippen molar-refractivity contribution in [3.8, 4) is 11.1 Å². The van der Waals surface area contributed by atoms with Crippen LogP contribution in [0.5, 0.6) is 0 Å². The van der Waals surface area contributed by atoms with E-state index >= 15 is 0 Å². The van der Waals surface area contributed by atoms with Crippen molar-refractivity contribution in [2.24, 2.45) is 17.1 Å². The van der Waals surface area contributed by atoms with Gasteiger partial charge in [0.2, 0.25) is 5.91 Å². The molecule has 3 heterocycles. The number of carbonyl (C=O) groups is 2. The highest BCUT2D eigenvalue weighted by Crippen LogP contribution is 2.42. The zero-order valence-electron chi connectivity index (χ0n) is 19.2. The van der Waals surface area contributed by atoms with Crippen LogP contribution in [0.15, 0.2) is 18.3 Å². The van der Waals surface area contributed by atoms with Crippen LogP contribution in [0.2, 0.25) is 5.02 Å². The molecule has 2 aromatic heterocycles. The maximum atomic E-state index is 12.9. The number of aromatic nitrogens is 2. The van der Waals surface area contributed by atoms with E-state index in [0.717, 1.165) is 49.0 Å². The van der Waals surface area contributed by atoms with Crippen LogP contribution in [-0.4, -0.2) is 46.4 Å². The maximum Gasteiger partial charge on any atom is 0.269 e. The summed E-state index contributed by atoms with van der Waals surface area (Å²) in [6, 6.07) is 3.81. The molecule has 0 saturated heterocycles. The van der Waals surface area contributed by atoms with Crippen LogP contribution in [-0.2, 0) is 17.8 Å². The Labute approximate surface area is 194 Å². The van der Waals surface area contributed by atoms with Crippen molar-refractivity contribution in [2.75, 3.05) is 19.4 Å². The SMILES string of the molecule is CN(C)C(=O)c1cc(-c2cc(NC(=O)[C@H]3CCC[C@@H](N)C3)ncc2Cl)c2n1CC(C)(C)C2. The molecule has 0 aromatic carbocycles. The third-order valence-corrected chi connectivity index (χ3v) is 6.85. The van der Waals surface area contributed by atoms with Gasteiger partial charge in [-0.25, -0.2) is 4.98 Å². The summed E-state index contributed by atoms with van der Waals surface area (Å²) in [4.78, 5) is 31.6. The van der Waals surface area contributed by atoms with Gasteiger partial charge in [-0.05, 0) is 43.2 Å². The summed E-state index contributed by atoms with van der Waals surface area (Å²) < 4.78 is 2.11. The Morgan fingerprint density at radius 3 is 2.69 bits per heavy atom. The highest BCUT2D eigenvalue weighted by atomic mass is 35.5. The minimum atomic E-state index is -0.0940. The second kappa shape index (κ2) is 8.52. The Hall–Kier alpha value is -2.38. The maximum absolute atomic E-state index is 12.9. The summed E-state index contributed by atoms with van der Waals surface area (Å²) in [6.07, 6.45) is 5.88. The van der Waals surface area contributed by atoms with E-state index in [1.807, 2.05) is 12.1 Å². The fraction of sp³-hybridized carbons (Fsp3) is 0.542. The average molecular weight is 458 g/mol. The lowest BCUT2D eigenvalue weighted by atomic mass is 9.85. The van der Waals surface area contributed by atoms with Gasteiger partial charge in [0.05, 0.1) is 5.02 Å². The van der Waals surface area contributed by atoms with E-state index in [1.54, 1.807) is 25.2 Å². The summed E-state index contributed by atoms with van der Waals surface area (Å²) in [7, 11) is 3.51. The van der Waals surface area contributed by atoms with Gasteiger partial charge in [-0.15, -0.1) is 0 Å². The quantitative estimate of drug-likeness (QED) is 0.727. The van der Waals surface area contributed by atoms with Crippen molar-refractivity contribution in [1.82, 2.24) is 14.5 Å². The van der Waals surface area contributed by atoms with Crippen molar-refractivity contribution in [1.29, 1.82) is 0 Å². The van der Waals surface area contributed by atoms with Crippen LogP contribution in [0.25, 0.3) is 11.1 Å². The number of rotatable bonds is 4. The molecule has 1 saturated carbocycles. The molecular weight excluding hydrogens is 426 g/mol. The molecule has 1 fully saturated rings. The largest absolute Gasteiger partial charge is 0.343 e. The van der Waals surface area contributed by atoms with Crippen LogP contribution in [0, 0.1) is 11.3 Å². The second-order valence-corrected chi connectivity index (χ2v) is 10.6. The molecule has 3 N–H and O–H groups in total. The third-order valence-electron chi connectivity index (χ3n) is 6.55. The highest BCUT2D eigenvalue weighted by molar-refractivity contribution is 6.33. The van der Waals surface area contributed by atoms with Crippen LogP contribution in [0.1, 0.15) is 55.7 Å². The van der Waals surface area contributed by atoms with E-state index in [-0.39, 0.29) is 29.2 Å². The van der Waals surface area contributed by atoms with Gasteiger partial charge in [-0.2, -0.15) is 0 Å². The molecule has 0 spiro atoms. The number of anilines is 1. The molecule has 1 aliphatic carbocycles. The first-order valence-electron chi connectivity index (χ1n) is 11.2. The van der Waals surface area contributed by atoms with Crippen molar-refractivity contribution < 1.29 is 9.59 Å². The monoisotopic (exact) mass is 457 g/mol. The molecule has 2 aliphatic rings. The zero-order chi connectivity index (χ0) is 23.2. The first-order valence-corrected chi connectivity index (χ1v) is 11.6. The molecule has 0 radical (unpaired) electrons. The standard InChI is InChI=1S/C24H32ClN5O2/c1-24(2)11-20-17(9-19(30(20)13-24)23(32)29(3)4)16-10-21(27-12-18(16)25)28-22(31)14-6-5-7-15(26)8-14/h9-10,12,14-15H,5-8,11,13,26H2,1-4H3,(H,27,28,31)/t14-,15+/m0/s1. The van der Waals surface area contributed by atoms with E-state index in [4.69, 9.17) is 17.3 Å². The number of nitrogens with two attached hydrogens (primary N) is 1. The first-order chi connectivity index (χ1) is 15.1. The Morgan fingerprint density at radius 2 is 2.00 bits per heavy atom. The summed E-state index contributed by atoms with van der Waals surface area (Å²) in [5, 5.41) is 3.45. The second-order valence-electron chi connectivity index (χ2n) is 10.2. The summed E-state index contributed by atoms with van der Waals surface area (Å²) in [5.41, 5.74) is 9.53. The van der Waals surface area contributed by atoms with Gasteiger partial charge in [-0.3, -0.25) is 9.59 Å². The van der Waals surface area contributed by atoms with Crippen LogP contribution in [0.3, 0.4) is 0 Å². The Kier molecular flexibility index (Phi) is 6.07. The summed E-state index contributed by atoms with van der Waals surface area (Å²) >= 11 is 6.56. The normalized spacial score (nSPS) is 21.8. The predicted octanol–water partition coefficient (Wildman–Crippen LogP) is 3.94. The van der Waals surface area contributed by atoms with Gasteiger partial charge >= 0.3 is 0 Å². The molecule has 0 unspecified atom stereocenters. The lowest BCUT2D eigenvalue weighted by Crippen LogP contribution is -2.34. The lowest BCUT2D eigenvalue weighted by Gasteiger charge is -2.25. The zero-order valence-corrected chi connectivity index (χ0v) is 20.0. The summed E-state index contributed by atoms with van der Waals surface area (Å²) in [6.45, 7) is 5.16. The van der Waals surface area contributed by atoms with Crippen LogP contribution >= 0.6 is 11.6 Å². The minimum absolute atomic E-state index is 0.0393. The minimum Gasteiger partial charge on any atom is -0.343 e. The van der Waals surface area contributed by atoms with Gasteiger partial charge in [0, 0.05) is 55.6 Å². The van der Waals surface area contributed by atoms with Crippen molar-refractivity contribution >= 4 is 29.2 Å². The molecule has 2 atom stereocenters. The van der Waals surface area contributed by atoms with Crippen molar-refractivity contribution in [3.63, 3.8) is 0 Å². The number of pyridine rings is 1. The Balaban J connectivity index is 1.68. The molecule has 1 aliphatic heterocycles. The van der Waals surface area contributed by atoms with Gasteiger partial charge in [0.15, 0.2) is 0 Å². The van der Waals surface area contributed by atoms with E-state index in [9.17, 15) is 9.59 Å². The van der Waals surface area contributed by atoms with Crippen molar-refractivity contribution in [3.05, 3.63) is 34.7 Å². The molecule has 0 bridgehead atoms. The Bertz CT molecular complexity index is 1060. The topological polar surface area (TPSA) is 93.2 Å². The predicted molar refractivity (Wildman–Crippen MR) is 127 cm³/mol. The summed E-state index contributed by atoms with van der Waals surface area (Å²) in [5.74, 6) is 0.282. The Morgan fingerprint density at radius 1 is 1.25 bits per heavy atom. The average Bonchev–Trinajstić information content (AvgIpc) is 3.21. The molecule has 2 aromatic rings. The number of hydrogen-bond donors (Lipinski definition) is 2. The van der Waals surface area contributed by atoms with Gasteiger partial charge in [0.25, 0.3) is 5.91 Å². The molecule has 7 nitrogen and oxygen atoms in total. The van der Waals surface area contributed by atoms with Crippen LogP contribution < -0.4 is 11.1 Å². The van der Waals surface area contributed by atoms with E-state index in [1.165, 1.54) is 0 Å². The van der Waals surface area contributed by atoms with Gasteiger partial charge < -0.3 is 20.5 Å². The molecule has 172 valence electrons. The number of fused-ring (bicyclic) bond motifs is 1. The van der Waals surface area contributed by atoms with E-state index in [2.05, 4.69) is 28.7 Å². The molecular formula is C24H32ClN5O2. The first kappa shape index (κ1) is 22.8. The number of hydrogen-bond acceptors (Lipinski definition) is 4. The third kappa shape index (κ3) is 4.41. The van der Waals surface area contributed by atoms with Crippen LogP contribution in [0.4, 0.5) is 5.82 Å². The number of carbonyl (C=O) groups excluding carboxylic acids is 2. The molecule has 32 heavy (non-hydrogen) atoms. The molecule has 4 rings (SSSR count). The molecule has 8 heteroatoms. The number of nitrogens with one attached hydrogen (secondary N) is 1. The smallest absolute Gasteiger partial charge is 0.269 e. The fourth-order valence-electron chi connectivity index (χ4n) is 4.94. The highest BCUT2D eigenvalue weighted by Gasteiger charge is 2.35. The van der Waals surface area contributed by atoms with Crippen molar-refractivity contribution in [2.45, 2.75) is 58.5 Å². The number of halogens is 1. The number of nitrogens with zero attached hydrogens (tertiary/aromatic N) is 3. The number of amides is 2. The van der Waals surface area contributed by atoms with Gasteiger partial charge in [-0.1, -0.05) is 31.9 Å². The van der Waals surface area contributed by atoms with E-state index < -0.39 is 0 Å². The lowest BCUT2D eigenvalue weighted by molar-refractivity contribution is -0.120. The van der Waals surface area contributed by atoms with E-state index in [0.29, 0.717) is 23.0 Å². The molecule has 2 amide bonds. The fourth-order valence-corrected chi connectivity index (χ4v) is 5.15. The van der Waals surface area contributed by atoms with Gasteiger partial charge in [0.1, 0.15) is 11.5 Å².